The van der Waals surface area contributed by atoms with Gasteiger partial charge in [-0.3, -0.25) is 0 Å². The minimum absolute atomic E-state index is 0.202. The van der Waals surface area contributed by atoms with Crippen molar-refractivity contribution in [1.82, 2.24) is 9.97 Å². The molecule has 1 heterocycles. The molecule has 1 aromatic heterocycles. The highest BCUT2D eigenvalue weighted by Gasteiger charge is 2.31. The van der Waals surface area contributed by atoms with E-state index in [1.165, 1.54) is 12.1 Å². The second kappa shape index (κ2) is 5.68. The predicted octanol–water partition coefficient (Wildman–Crippen LogP) is 3.50. The predicted molar refractivity (Wildman–Crippen MR) is 68.8 cm³/mol. The Morgan fingerprint density at radius 1 is 1.24 bits per heavy atom. The molecule has 0 atom stereocenters. The van der Waals surface area contributed by atoms with Crippen LogP contribution >= 0.6 is 15.9 Å². The molecule has 0 amide bonds. The second-order valence-electron chi connectivity index (χ2n) is 3.77. The van der Waals surface area contributed by atoms with E-state index >= 15 is 0 Å². The maximum absolute atomic E-state index is 12.1. The molecule has 9 heteroatoms. The van der Waals surface area contributed by atoms with Crippen molar-refractivity contribution in [3.8, 4) is 17.0 Å². The van der Waals surface area contributed by atoms with Gasteiger partial charge in [-0.05, 0) is 40.2 Å². The van der Waals surface area contributed by atoms with Crippen LogP contribution in [-0.2, 0) is 0 Å². The fraction of sp³-hybridized carbons (Fsp3) is 0.0833. The van der Waals surface area contributed by atoms with Crippen molar-refractivity contribution in [2.45, 2.75) is 6.36 Å². The van der Waals surface area contributed by atoms with Gasteiger partial charge in [0.25, 0.3) is 0 Å². The molecule has 110 valence electrons. The van der Waals surface area contributed by atoms with Crippen molar-refractivity contribution < 1.29 is 27.8 Å². The molecule has 0 aliphatic heterocycles. The Hall–Kier alpha value is -2.16. The van der Waals surface area contributed by atoms with Crippen LogP contribution in [0.15, 0.2) is 35.1 Å². The zero-order valence-electron chi connectivity index (χ0n) is 10.1. The van der Waals surface area contributed by atoms with E-state index in [0.717, 1.165) is 18.3 Å². The lowest BCUT2D eigenvalue weighted by atomic mass is 10.1. The van der Waals surface area contributed by atoms with Gasteiger partial charge in [-0.15, -0.1) is 13.2 Å². The fourth-order valence-corrected chi connectivity index (χ4v) is 1.90. The van der Waals surface area contributed by atoms with Crippen LogP contribution in [0.1, 0.15) is 10.5 Å². The van der Waals surface area contributed by atoms with Gasteiger partial charge in [0.05, 0.1) is 6.20 Å². The van der Waals surface area contributed by atoms with E-state index in [1.54, 1.807) is 0 Å². The smallest absolute Gasteiger partial charge is 0.476 e. The lowest BCUT2D eigenvalue weighted by molar-refractivity contribution is -0.274. The van der Waals surface area contributed by atoms with E-state index in [2.05, 4.69) is 30.6 Å². The number of alkyl halides is 3. The van der Waals surface area contributed by atoms with Crippen LogP contribution in [0.5, 0.6) is 5.75 Å². The molecule has 5 nitrogen and oxygen atoms in total. The van der Waals surface area contributed by atoms with Crippen LogP contribution in [0, 0.1) is 0 Å². The average molecular weight is 363 g/mol. The molecule has 21 heavy (non-hydrogen) atoms. The summed E-state index contributed by atoms with van der Waals surface area (Å²) in [5, 5.41) is 8.86. The van der Waals surface area contributed by atoms with Crippen LogP contribution in [0.4, 0.5) is 13.2 Å². The Morgan fingerprint density at radius 3 is 2.38 bits per heavy atom. The first-order valence-corrected chi connectivity index (χ1v) is 6.17. The van der Waals surface area contributed by atoms with Gasteiger partial charge in [0.2, 0.25) is 0 Å². The Labute approximate surface area is 124 Å². The van der Waals surface area contributed by atoms with Gasteiger partial charge >= 0.3 is 12.3 Å². The van der Waals surface area contributed by atoms with E-state index in [9.17, 15) is 18.0 Å². The van der Waals surface area contributed by atoms with Crippen LogP contribution in [-0.4, -0.2) is 27.4 Å². The first kappa shape index (κ1) is 15.2. The number of rotatable bonds is 3. The fourth-order valence-electron chi connectivity index (χ4n) is 1.48. The number of aromatic nitrogens is 2. The maximum Gasteiger partial charge on any atom is 0.573 e. The molecule has 0 saturated heterocycles. The number of carboxylic acids is 1. The lowest BCUT2D eigenvalue weighted by Crippen LogP contribution is -2.16. The number of hydrogen-bond donors (Lipinski definition) is 1. The summed E-state index contributed by atoms with van der Waals surface area (Å²) in [4.78, 5) is 18.5. The molecule has 0 unspecified atom stereocenters. The van der Waals surface area contributed by atoms with Crippen LogP contribution in [0.25, 0.3) is 11.3 Å². The Balaban J connectivity index is 2.34. The summed E-state index contributed by atoms with van der Waals surface area (Å²) in [6.45, 7) is 0. The summed E-state index contributed by atoms with van der Waals surface area (Å²) >= 11 is 3.11. The number of aromatic carboxylic acids is 1. The van der Waals surface area contributed by atoms with Crippen molar-refractivity contribution >= 4 is 21.9 Å². The van der Waals surface area contributed by atoms with Gasteiger partial charge in [-0.1, -0.05) is 0 Å². The van der Waals surface area contributed by atoms with Gasteiger partial charge in [0, 0.05) is 5.56 Å². The van der Waals surface area contributed by atoms with E-state index in [-0.39, 0.29) is 21.7 Å². The van der Waals surface area contributed by atoms with Crippen molar-refractivity contribution in [1.29, 1.82) is 0 Å². The van der Waals surface area contributed by atoms with E-state index in [4.69, 9.17) is 5.11 Å². The van der Waals surface area contributed by atoms with Crippen LogP contribution < -0.4 is 4.74 Å². The van der Waals surface area contributed by atoms with Gasteiger partial charge in [-0.25, -0.2) is 14.8 Å². The molecule has 0 bridgehead atoms. The number of nitrogens with zero attached hydrogens (tertiary/aromatic N) is 2. The molecule has 2 rings (SSSR count). The topological polar surface area (TPSA) is 72.3 Å². The highest BCUT2D eigenvalue weighted by Crippen LogP contribution is 2.28. The molecular formula is C12H6BrF3N2O3. The standard InChI is InChI=1S/C12H6BrF3N2O3/c13-10-9(18-8(5-17-10)11(19)20)6-1-3-7(4-2-6)21-12(14,15)16/h1-5H,(H,19,20). The quantitative estimate of drug-likeness (QED) is 0.904. The number of hydrogen-bond acceptors (Lipinski definition) is 4. The third-order valence-corrected chi connectivity index (χ3v) is 2.89. The molecule has 0 saturated carbocycles. The average Bonchev–Trinajstić information content (AvgIpc) is 2.38. The van der Waals surface area contributed by atoms with Gasteiger partial charge in [0.15, 0.2) is 5.69 Å². The van der Waals surface area contributed by atoms with Crippen molar-refractivity contribution in [2.75, 3.05) is 0 Å². The van der Waals surface area contributed by atoms with Crippen molar-refractivity contribution in [3.63, 3.8) is 0 Å². The normalized spacial score (nSPS) is 11.2. The molecule has 0 aliphatic carbocycles. The molecule has 1 N–H and O–H groups in total. The zero-order valence-corrected chi connectivity index (χ0v) is 11.6. The van der Waals surface area contributed by atoms with E-state index in [1.807, 2.05) is 0 Å². The molecule has 0 fully saturated rings. The van der Waals surface area contributed by atoms with Gasteiger partial charge in [-0.2, -0.15) is 0 Å². The van der Waals surface area contributed by atoms with Gasteiger partial charge in [0.1, 0.15) is 16.0 Å². The Kier molecular flexibility index (Phi) is 4.12. The summed E-state index contributed by atoms with van der Waals surface area (Å²) in [6.07, 6.45) is -3.71. The van der Waals surface area contributed by atoms with Gasteiger partial charge < -0.3 is 9.84 Å². The maximum atomic E-state index is 12.1. The first-order valence-electron chi connectivity index (χ1n) is 5.38. The third-order valence-electron chi connectivity index (χ3n) is 2.31. The molecule has 0 spiro atoms. The summed E-state index contributed by atoms with van der Waals surface area (Å²) in [6, 6.07) is 4.84. The monoisotopic (exact) mass is 362 g/mol. The summed E-state index contributed by atoms with van der Waals surface area (Å²) in [5.41, 5.74) is 0.323. The second-order valence-corrected chi connectivity index (χ2v) is 4.52. The Bertz CT molecular complexity index is 674. The Morgan fingerprint density at radius 2 is 1.86 bits per heavy atom. The number of benzene rings is 1. The highest BCUT2D eigenvalue weighted by atomic mass is 79.9. The van der Waals surface area contributed by atoms with E-state index in [0.29, 0.717) is 5.56 Å². The number of carbonyl (C=O) groups is 1. The lowest BCUT2D eigenvalue weighted by Gasteiger charge is -2.09. The van der Waals surface area contributed by atoms with Crippen molar-refractivity contribution in [3.05, 3.63) is 40.8 Å². The SMILES string of the molecule is O=C(O)c1cnc(Br)c(-c2ccc(OC(F)(F)F)cc2)n1. The first-order chi connectivity index (χ1) is 9.76. The molecule has 0 radical (unpaired) electrons. The largest absolute Gasteiger partial charge is 0.573 e. The third kappa shape index (κ3) is 3.91. The summed E-state index contributed by atoms with van der Waals surface area (Å²) < 4.78 is 40.2. The number of ether oxygens (including phenoxy) is 1. The molecular weight excluding hydrogens is 357 g/mol. The molecule has 1 aromatic carbocycles. The highest BCUT2D eigenvalue weighted by molar-refractivity contribution is 9.10. The number of carboxylic acid groups (broad SMARTS) is 1. The van der Waals surface area contributed by atoms with Crippen LogP contribution in [0.3, 0.4) is 0 Å². The number of halogens is 4. The van der Waals surface area contributed by atoms with Crippen molar-refractivity contribution in [2.24, 2.45) is 0 Å². The summed E-state index contributed by atoms with van der Waals surface area (Å²) in [7, 11) is 0. The minimum atomic E-state index is -4.77. The molecule has 0 aliphatic rings. The molecule has 2 aromatic rings. The summed E-state index contributed by atoms with van der Waals surface area (Å²) in [5.74, 6) is -1.64. The minimum Gasteiger partial charge on any atom is -0.476 e. The van der Waals surface area contributed by atoms with Crippen LogP contribution in [0.2, 0.25) is 0 Å². The van der Waals surface area contributed by atoms with E-state index < -0.39 is 12.3 Å². The zero-order chi connectivity index (χ0) is 15.6.